The molecular formula is C13H12ClNO. The molecule has 1 atom stereocenters. The van der Waals surface area contributed by atoms with Crippen molar-refractivity contribution in [1.29, 1.82) is 5.26 Å². The molecule has 0 aromatic heterocycles. The number of rotatable bonds is 3. The summed E-state index contributed by atoms with van der Waals surface area (Å²) in [5.41, 5.74) is 0.715. The van der Waals surface area contributed by atoms with Gasteiger partial charge < -0.3 is 0 Å². The fraction of sp³-hybridized carbons (Fsp3) is 0.385. The molecular weight excluding hydrogens is 222 g/mol. The van der Waals surface area contributed by atoms with E-state index in [0.717, 1.165) is 19.3 Å². The monoisotopic (exact) mass is 233 g/mol. The van der Waals surface area contributed by atoms with E-state index in [2.05, 4.69) is 6.07 Å². The Bertz CT molecular complexity index is 445. The molecule has 1 saturated carbocycles. The molecule has 0 spiro atoms. The van der Waals surface area contributed by atoms with Crippen molar-refractivity contribution in [2.24, 2.45) is 5.92 Å². The molecule has 1 aromatic carbocycles. The van der Waals surface area contributed by atoms with Crippen molar-refractivity contribution in [3.63, 3.8) is 0 Å². The standard InChI is InChI=1S/C13H12ClNO/c14-11-6-2-5-10(7-11)12(8-15)13(16)9-3-1-4-9/h2,5-7,9,12H,1,3-4H2. The van der Waals surface area contributed by atoms with Crippen LogP contribution in [0.5, 0.6) is 0 Å². The van der Waals surface area contributed by atoms with Crippen molar-refractivity contribution in [3.8, 4) is 6.07 Å². The molecule has 0 radical (unpaired) electrons. The lowest BCUT2D eigenvalue weighted by Crippen LogP contribution is -2.26. The minimum Gasteiger partial charge on any atom is -0.298 e. The van der Waals surface area contributed by atoms with E-state index in [4.69, 9.17) is 16.9 Å². The van der Waals surface area contributed by atoms with Gasteiger partial charge in [-0.15, -0.1) is 0 Å². The Labute approximate surface area is 99.8 Å². The number of benzene rings is 1. The van der Waals surface area contributed by atoms with Crippen LogP contribution in [0.2, 0.25) is 5.02 Å². The van der Waals surface area contributed by atoms with Crippen molar-refractivity contribution in [3.05, 3.63) is 34.9 Å². The number of Topliss-reactive ketones (excluding diaryl/α,β-unsaturated/α-hetero) is 1. The minimum atomic E-state index is -0.649. The average molecular weight is 234 g/mol. The zero-order chi connectivity index (χ0) is 11.5. The Hall–Kier alpha value is -1.33. The maximum Gasteiger partial charge on any atom is 0.157 e. The molecule has 2 nitrogen and oxygen atoms in total. The van der Waals surface area contributed by atoms with Gasteiger partial charge in [0.1, 0.15) is 5.92 Å². The van der Waals surface area contributed by atoms with Crippen LogP contribution in [0.1, 0.15) is 30.7 Å². The van der Waals surface area contributed by atoms with Gasteiger partial charge in [0, 0.05) is 10.9 Å². The van der Waals surface area contributed by atoms with Crippen molar-refractivity contribution in [2.45, 2.75) is 25.2 Å². The average Bonchev–Trinajstić information content (AvgIpc) is 2.16. The summed E-state index contributed by atoms with van der Waals surface area (Å²) in [6, 6.07) is 9.09. The molecule has 0 bridgehead atoms. The summed E-state index contributed by atoms with van der Waals surface area (Å²) in [6.07, 6.45) is 2.96. The highest BCUT2D eigenvalue weighted by atomic mass is 35.5. The van der Waals surface area contributed by atoms with Gasteiger partial charge >= 0.3 is 0 Å². The van der Waals surface area contributed by atoms with E-state index >= 15 is 0 Å². The van der Waals surface area contributed by atoms with Crippen LogP contribution >= 0.6 is 11.6 Å². The van der Waals surface area contributed by atoms with Crippen LogP contribution in [0.3, 0.4) is 0 Å². The summed E-state index contributed by atoms with van der Waals surface area (Å²) in [5, 5.41) is 9.66. The van der Waals surface area contributed by atoms with Crippen LogP contribution in [0.15, 0.2) is 24.3 Å². The summed E-state index contributed by atoms with van der Waals surface area (Å²) in [6.45, 7) is 0. The highest BCUT2D eigenvalue weighted by molar-refractivity contribution is 6.30. The topological polar surface area (TPSA) is 40.9 Å². The number of halogens is 1. The molecule has 2 rings (SSSR count). The third kappa shape index (κ3) is 2.10. The van der Waals surface area contributed by atoms with Gasteiger partial charge in [-0.25, -0.2) is 0 Å². The zero-order valence-corrected chi connectivity index (χ0v) is 9.57. The lowest BCUT2D eigenvalue weighted by atomic mass is 9.76. The lowest BCUT2D eigenvalue weighted by molar-refractivity contribution is -0.125. The Morgan fingerprint density at radius 2 is 2.25 bits per heavy atom. The first kappa shape index (κ1) is 11.2. The van der Waals surface area contributed by atoms with Crippen LogP contribution < -0.4 is 0 Å². The Balaban J connectivity index is 2.22. The van der Waals surface area contributed by atoms with Crippen LogP contribution in [0.25, 0.3) is 0 Å². The predicted molar refractivity (Wildman–Crippen MR) is 62.2 cm³/mol. The van der Waals surface area contributed by atoms with Crippen molar-refractivity contribution in [2.75, 3.05) is 0 Å². The molecule has 1 aliphatic rings. The number of ketones is 1. The molecule has 1 aromatic rings. The van der Waals surface area contributed by atoms with Gasteiger partial charge in [0.15, 0.2) is 5.78 Å². The van der Waals surface area contributed by atoms with Gasteiger partial charge in [-0.05, 0) is 30.5 Å². The van der Waals surface area contributed by atoms with Gasteiger partial charge in [-0.2, -0.15) is 5.26 Å². The molecule has 0 saturated heterocycles. The van der Waals surface area contributed by atoms with Gasteiger partial charge in [-0.3, -0.25) is 4.79 Å². The quantitative estimate of drug-likeness (QED) is 0.804. The third-order valence-electron chi connectivity index (χ3n) is 3.10. The summed E-state index contributed by atoms with van der Waals surface area (Å²) in [4.78, 5) is 12.0. The van der Waals surface area contributed by atoms with E-state index in [9.17, 15) is 4.79 Å². The summed E-state index contributed by atoms with van der Waals surface area (Å²) >= 11 is 5.86. The second-order valence-corrected chi connectivity index (χ2v) is 4.58. The Morgan fingerprint density at radius 3 is 2.75 bits per heavy atom. The minimum absolute atomic E-state index is 0.0519. The van der Waals surface area contributed by atoms with Crippen LogP contribution in [0.4, 0.5) is 0 Å². The Morgan fingerprint density at radius 1 is 1.50 bits per heavy atom. The summed E-state index contributed by atoms with van der Waals surface area (Å²) in [7, 11) is 0. The third-order valence-corrected chi connectivity index (χ3v) is 3.34. The fourth-order valence-corrected chi connectivity index (χ4v) is 2.12. The smallest absolute Gasteiger partial charge is 0.157 e. The summed E-state index contributed by atoms with van der Waals surface area (Å²) in [5.74, 6) is -0.511. The van der Waals surface area contributed by atoms with Gasteiger partial charge in [0.25, 0.3) is 0 Å². The van der Waals surface area contributed by atoms with E-state index in [1.54, 1.807) is 24.3 Å². The van der Waals surface area contributed by atoms with Crippen LogP contribution in [-0.2, 0) is 4.79 Å². The van der Waals surface area contributed by atoms with Crippen LogP contribution in [0, 0.1) is 17.2 Å². The number of hydrogen-bond acceptors (Lipinski definition) is 2. The number of carbonyl (C=O) groups excluding carboxylic acids is 1. The van der Waals surface area contributed by atoms with E-state index in [-0.39, 0.29) is 11.7 Å². The van der Waals surface area contributed by atoms with Gasteiger partial charge in [0.05, 0.1) is 6.07 Å². The lowest BCUT2D eigenvalue weighted by Gasteiger charge is -2.25. The first-order valence-electron chi connectivity index (χ1n) is 5.41. The SMILES string of the molecule is N#CC(C(=O)C1CCC1)c1cccc(Cl)c1. The second kappa shape index (κ2) is 4.67. The van der Waals surface area contributed by atoms with Crippen molar-refractivity contribution < 1.29 is 4.79 Å². The zero-order valence-electron chi connectivity index (χ0n) is 8.82. The fourth-order valence-electron chi connectivity index (χ4n) is 1.92. The molecule has 16 heavy (non-hydrogen) atoms. The normalized spacial score (nSPS) is 17.2. The summed E-state index contributed by atoms with van der Waals surface area (Å²) < 4.78 is 0. The molecule has 1 unspecified atom stereocenters. The maximum absolute atomic E-state index is 12.0. The van der Waals surface area contributed by atoms with Crippen molar-refractivity contribution >= 4 is 17.4 Å². The number of nitrogens with zero attached hydrogens (tertiary/aromatic N) is 1. The van der Waals surface area contributed by atoms with E-state index in [0.29, 0.717) is 10.6 Å². The highest BCUT2D eigenvalue weighted by Crippen LogP contribution is 2.33. The molecule has 82 valence electrons. The van der Waals surface area contributed by atoms with E-state index < -0.39 is 5.92 Å². The predicted octanol–water partition coefficient (Wildman–Crippen LogP) is 3.32. The Kier molecular flexibility index (Phi) is 3.26. The molecule has 1 fully saturated rings. The van der Waals surface area contributed by atoms with Gasteiger partial charge in [0.2, 0.25) is 0 Å². The van der Waals surface area contributed by atoms with Crippen molar-refractivity contribution in [1.82, 2.24) is 0 Å². The molecule has 1 aliphatic carbocycles. The number of hydrogen-bond donors (Lipinski definition) is 0. The molecule has 0 heterocycles. The molecule has 0 N–H and O–H groups in total. The second-order valence-electron chi connectivity index (χ2n) is 4.15. The first-order chi connectivity index (χ1) is 7.72. The number of nitriles is 1. The largest absolute Gasteiger partial charge is 0.298 e. The molecule has 3 heteroatoms. The highest BCUT2D eigenvalue weighted by Gasteiger charge is 2.32. The molecule has 0 aliphatic heterocycles. The molecule has 0 amide bonds. The first-order valence-corrected chi connectivity index (χ1v) is 5.79. The maximum atomic E-state index is 12.0. The van der Waals surface area contributed by atoms with Gasteiger partial charge in [-0.1, -0.05) is 30.2 Å². The van der Waals surface area contributed by atoms with Crippen LogP contribution in [-0.4, -0.2) is 5.78 Å². The van der Waals surface area contributed by atoms with E-state index in [1.807, 2.05) is 0 Å². The van der Waals surface area contributed by atoms with E-state index in [1.165, 1.54) is 0 Å². The number of carbonyl (C=O) groups is 1.